The maximum atomic E-state index is 13.9. The Balaban J connectivity index is 2.09. The molecule has 2 amide bonds. The number of hydrogen-bond acceptors (Lipinski definition) is 4. The lowest BCUT2D eigenvalue weighted by Gasteiger charge is -2.35. The molecule has 0 radical (unpaired) electrons. The van der Waals surface area contributed by atoms with Crippen molar-refractivity contribution in [3.05, 3.63) is 0 Å². The molecule has 174 valence electrons. The minimum Gasteiger partial charge on any atom is -0.376 e. The average molecular weight is 456 g/mol. The Bertz CT molecular complexity index is 581. The number of alkyl halides is 8. The van der Waals surface area contributed by atoms with Crippen molar-refractivity contribution in [3.63, 3.8) is 0 Å². The lowest BCUT2D eigenvalue weighted by atomic mass is 9.97. The monoisotopic (exact) mass is 456 g/mol. The van der Waals surface area contributed by atoms with Gasteiger partial charge in [0.25, 0.3) is 11.8 Å². The highest BCUT2D eigenvalue weighted by molar-refractivity contribution is 5.87. The molecule has 30 heavy (non-hydrogen) atoms. The normalized spacial score (nSPS) is 23.5. The fourth-order valence-corrected chi connectivity index (χ4v) is 2.93. The lowest BCUT2D eigenvalue weighted by molar-refractivity contribution is -0.347. The third kappa shape index (κ3) is 4.48. The molecule has 2 atom stereocenters. The standard InChI is InChI=1S/C16H20F8N2O4/c17-13(18,11(27)25-7-9-3-1-5-29-9)15(21,22)16(23,24)14(19,20)12(28)26-8-10-4-2-6-30-10/h9-10H,1-8H2,(H,25,27)(H,26,28). The molecule has 0 aromatic heterocycles. The summed E-state index contributed by atoms with van der Waals surface area (Å²) in [7, 11) is 0. The van der Waals surface area contributed by atoms with Crippen molar-refractivity contribution in [2.24, 2.45) is 0 Å². The van der Waals surface area contributed by atoms with Crippen LogP contribution >= 0.6 is 0 Å². The summed E-state index contributed by atoms with van der Waals surface area (Å²) in [5, 5.41) is 2.59. The number of hydrogen-bond donors (Lipinski definition) is 2. The first-order valence-electron chi connectivity index (χ1n) is 9.06. The molecule has 0 aliphatic carbocycles. The van der Waals surface area contributed by atoms with Gasteiger partial charge in [-0.2, -0.15) is 35.1 Å². The first-order chi connectivity index (χ1) is 13.7. The zero-order chi connectivity index (χ0) is 22.8. The quantitative estimate of drug-likeness (QED) is 0.522. The van der Waals surface area contributed by atoms with Gasteiger partial charge < -0.3 is 20.1 Å². The zero-order valence-electron chi connectivity index (χ0n) is 15.5. The van der Waals surface area contributed by atoms with Crippen LogP contribution in [0.1, 0.15) is 25.7 Å². The van der Waals surface area contributed by atoms with Gasteiger partial charge in [-0.25, -0.2) is 0 Å². The van der Waals surface area contributed by atoms with Crippen molar-refractivity contribution in [2.75, 3.05) is 26.3 Å². The molecule has 0 spiro atoms. The minimum atomic E-state index is -6.88. The summed E-state index contributed by atoms with van der Waals surface area (Å²) < 4.78 is 121. The Morgan fingerprint density at radius 2 is 1.03 bits per heavy atom. The van der Waals surface area contributed by atoms with E-state index in [1.54, 1.807) is 0 Å². The Labute approximate surface area is 165 Å². The van der Waals surface area contributed by atoms with E-state index in [9.17, 15) is 44.7 Å². The topological polar surface area (TPSA) is 76.7 Å². The average Bonchev–Trinajstić information content (AvgIpc) is 3.37. The first kappa shape index (κ1) is 24.6. The second kappa shape index (κ2) is 8.81. The van der Waals surface area contributed by atoms with Crippen LogP contribution in [-0.4, -0.2) is 74.0 Å². The molecule has 0 aromatic carbocycles. The largest absolute Gasteiger partial charge is 0.392 e. The number of rotatable bonds is 9. The van der Waals surface area contributed by atoms with Gasteiger partial charge >= 0.3 is 23.7 Å². The van der Waals surface area contributed by atoms with Gasteiger partial charge in [0.15, 0.2) is 0 Å². The van der Waals surface area contributed by atoms with E-state index >= 15 is 0 Å². The number of amides is 2. The first-order valence-corrected chi connectivity index (χ1v) is 9.06. The molecule has 0 saturated carbocycles. The summed E-state index contributed by atoms with van der Waals surface area (Å²) in [4.78, 5) is 22.8. The van der Waals surface area contributed by atoms with E-state index in [1.165, 1.54) is 10.6 Å². The number of carbonyl (C=O) groups excluding carboxylic acids is 2. The third-order valence-electron chi connectivity index (χ3n) is 4.78. The number of halogens is 8. The van der Waals surface area contributed by atoms with E-state index in [1.807, 2.05) is 0 Å². The molecular weight excluding hydrogens is 436 g/mol. The summed E-state index contributed by atoms with van der Waals surface area (Å²) in [6, 6.07) is 0. The highest BCUT2D eigenvalue weighted by Crippen LogP contribution is 2.52. The fourth-order valence-electron chi connectivity index (χ4n) is 2.93. The molecular formula is C16H20F8N2O4. The Kier molecular flexibility index (Phi) is 7.21. The molecule has 14 heteroatoms. The summed E-state index contributed by atoms with van der Waals surface area (Å²) >= 11 is 0. The van der Waals surface area contributed by atoms with E-state index in [-0.39, 0.29) is 13.2 Å². The van der Waals surface area contributed by atoms with E-state index in [4.69, 9.17) is 9.47 Å². The summed E-state index contributed by atoms with van der Waals surface area (Å²) in [5.74, 6) is -32.0. The van der Waals surface area contributed by atoms with Crippen LogP contribution in [0.4, 0.5) is 35.1 Å². The summed E-state index contributed by atoms with van der Waals surface area (Å²) in [5.41, 5.74) is 0. The predicted molar refractivity (Wildman–Crippen MR) is 83.8 cm³/mol. The van der Waals surface area contributed by atoms with Crippen LogP contribution in [0, 0.1) is 0 Å². The van der Waals surface area contributed by atoms with Crippen LogP contribution in [0.5, 0.6) is 0 Å². The highest BCUT2D eigenvalue weighted by Gasteiger charge is 2.84. The van der Waals surface area contributed by atoms with Crippen LogP contribution < -0.4 is 10.6 Å². The molecule has 2 fully saturated rings. The maximum absolute atomic E-state index is 13.9. The molecule has 2 N–H and O–H groups in total. The third-order valence-corrected chi connectivity index (χ3v) is 4.78. The summed E-state index contributed by atoms with van der Waals surface area (Å²) in [6.45, 7) is -0.959. The van der Waals surface area contributed by atoms with Crippen molar-refractivity contribution in [1.82, 2.24) is 10.6 Å². The smallest absolute Gasteiger partial charge is 0.376 e. The van der Waals surface area contributed by atoms with Crippen molar-refractivity contribution in [3.8, 4) is 0 Å². The molecule has 2 rings (SSSR count). The van der Waals surface area contributed by atoms with Gasteiger partial charge in [-0.1, -0.05) is 0 Å². The van der Waals surface area contributed by atoms with E-state index < -0.39 is 60.8 Å². The number of carbonyl (C=O) groups is 2. The molecule has 2 aliphatic heterocycles. The van der Waals surface area contributed by atoms with E-state index in [0.717, 1.165) is 0 Å². The minimum absolute atomic E-state index is 0.221. The second-order valence-corrected chi connectivity index (χ2v) is 6.99. The van der Waals surface area contributed by atoms with Crippen LogP contribution in [0.3, 0.4) is 0 Å². The van der Waals surface area contributed by atoms with Crippen LogP contribution in [0.15, 0.2) is 0 Å². The van der Waals surface area contributed by atoms with Crippen molar-refractivity contribution in [2.45, 2.75) is 61.6 Å². The molecule has 2 saturated heterocycles. The van der Waals surface area contributed by atoms with E-state index in [2.05, 4.69) is 0 Å². The molecule has 2 heterocycles. The van der Waals surface area contributed by atoms with E-state index in [0.29, 0.717) is 25.7 Å². The van der Waals surface area contributed by atoms with Crippen LogP contribution in [0.25, 0.3) is 0 Å². The van der Waals surface area contributed by atoms with Gasteiger partial charge in [-0.05, 0) is 25.7 Å². The van der Waals surface area contributed by atoms with Gasteiger partial charge in [0, 0.05) is 26.3 Å². The maximum Gasteiger partial charge on any atom is 0.392 e. The van der Waals surface area contributed by atoms with Crippen molar-refractivity contribution >= 4 is 11.8 Å². The molecule has 2 unspecified atom stereocenters. The Hall–Kier alpha value is -1.70. The Morgan fingerprint density at radius 1 is 0.700 bits per heavy atom. The molecule has 0 bridgehead atoms. The molecule has 0 aromatic rings. The highest BCUT2D eigenvalue weighted by atomic mass is 19.4. The number of ether oxygens (including phenoxy) is 2. The predicted octanol–water partition coefficient (Wildman–Crippen LogP) is 2.12. The van der Waals surface area contributed by atoms with Gasteiger partial charge in [-0.15, -0.1) is 0 Å². The summed E-state index contributed by atoms with van der Waals surface area (Å²) in [6.07, 6.45) is -0.0210. The van der Waals surface area contributed by atoms with Gasteiger partial charge in [0.1, 0.15) is 0 Å². The Morgan fingerprint density at radius 3 is 1.30 bits per heavy atom. The van der Waals surface area contributed by atoms with Crippen molar-refractivity contribution < 1.29 is 54.2 Å². The van der Waals surface area contributed by atoms with Crippen molar-refractivity contribution in [1.29, 1.82) is 0 Å². The van der Waals surface area contributed by atoms with Gasteiger partial charge in [-0.3, -0.25) is 9.59 Å². The second-order valence-electron chi connectivity index (χ2n) is 6.99. The fraction of sp³-hybridized carbons (Fsp3) is 0.875. The molecule has 2 aliphatic rings. The number of nitrogens with one attached hydrogen (secondary N) is 2. The lowest BCUT2D eigenvalue weighted by Crippen LogP contribution is -2.69. The van der Waals surface area contributed by atoms with Crippen LogP contribution in [-0.2, 0) is 19.1 Å². The van der Waals surface area contributed by atoms with Gasteiger partial charge in [0.05, 0.1) is 12.2 Å². The zero-order valence-corrected chi connectivity index (χ0v) is 15.5. The SMILES string of the molecule is O=C(NCC1CCCO1)C(F)(F)C(F)(F)C(F)(F)C(F)(F)C(=O)NCC1CCCO1. The van der Waals surface area contributed by atoms with Crippen LogP contribution in [0.2, 0.25) is 0 Å². The molecule has 6 nitrogen and oxygen atoms in total. The van der Waals surface area contributed by atoms with Gasteiger partial charge in [0.2, 0.25) is 0 Å².